The third-order valence-corrected chi connectivity index (χ3v) is 6.40. The standard InChI is InChI=1S/C29H29N5O6/c1-18(2)27(31-26(37)16-20-10-7-9-19-8-3-4-11-21(19)20)28(38)30-24(14-15-35)25(36)17-40-34-29(39)22-12-5-6-13-23(22)32-33-34/h3-13,15,18,24,27H,14,16-17H2,1-2H3,(H,30,38)(H,31,37)/t24-,27-/m0/s1. The number of nitrogens with one attached hydrogen (secondary N) is 2. The highest BCUT2D eigenvalue weighted by molar-refractivity contribution is 5.95. The predicted octanol–water partition coefficient (Wildman–Crippen LogP) is 1.40. The zero-order chi connectivity index (χ0) is 28.6. The van der Waals surface area contributed by atoms with Crippen LogP contribution in [0.1, 0.15) is 25.8 Å². The maximum atomic E-state index is 13.1. The Hall–Kier alpha value is -4.93. The quantitative estimate of drug-likeness (QED) is 0.255. The summed E-state index contributed by atoms with van der Waals surface area (Å²) in [5, 5.41) is 15.0. The first-order chi connectivity index (χ1) is 19.3. The number of carbonyl (C=O) groups excluding carboxylic acids is 4. The average Bonchev–Trinajstić information content (AvgIpc) is 2.95. The zero-order valence-electron chi connectivity index (χ0n) is 22.1. The second-order valence-corrected chi connectivity index (χ2v) is 9.59. The van der Waals surface area contributed by atoms with E-state index in [2.05, 4.69) is 20.9 Å². The SMILES string of the molecule is CC(C)[C@H](NC(=O)Cc1cccc2ccccc12)C(=O)N[C@@H](CC=O)C(=O)COn1nnc2ccccc2c1=O. The molecule has 0 unspecified atom stereocenters. The van der Waals surface area contributed by atoms with Crippen LogP contribution in [0.2, 0.25) is 0 Å². The van der Waals surface area contributed by atoms with Crippen molar-refractivity contribution in [1.82, 2.24) is 25.8 Å². The van der Waals surface area contributed by atoms with Crippen LogP contribution in [0, 0.1) is 5.92 Å². The van der Waals surface area contributed by atoms with Gasteiger partial charge in [-0.05, 0) is 44.4 Å². The molecule has 0 spiro atoms. The van der Waals surface area contributed by atoms with Crippen molar-refractivity contribution < 1.29 is 24.0 Å². The first-order valence-corrected chi connectivity index (χ1v) is 12.8. The van der Waals surface area contributed by atoms with Crippen molar-refractivity contribution in [2.45, 2.75) is 38.8 Å². The van der Waals surface area contributed by atoms with Gasteiger partial charge >= 0.3 is 5.56 Å². The Labute approximate surface area is 229 Å². The topological polar surface area (TPSA) is 149 Å². The molecule has 4 aromatic rings. The van der Waals surface area contributed by atoms with Gasteiger partial charge in [-0.25, -0.2) is 0 Å². The average molecular weight is 544 g/mol. The van der Waals surface area contributed by atoms with E-state index >= 15 is 0 Å². The largest absolute Gasteiger partial charge is 0.384 e. The molecule has 3 aromatic carbocycles. The second-order valence-electron chi connectivity index (χ2n) is 9.59. The van der Waals surface area contributed by atoms with Gasteiger partial charge in [0.2, 0.25) is 11.8 Å². The second kappa shape index (κ2) is 12.7. The minimum Gasteiger partial charge on any atom is -0.384 e. The minimum absolute atomic E-state index is 0.0595. The first-order valence-electron chi connectivity index (χ1n) is 12.8. The molecule has 11 heteroatoms. The van der Waals surface area contributed by atoms with Gasteiger partial charge in [-0.2, -0.15) is 0 Å². The Morgan fingerprint density at radius 2 is 1.65 bits per heavy atom. The van der Waals surface area contributed by atoms with Crippen LogP contribution in [-0.2, 0) is 25.6 Å². The molecule has 40 heavy (non-hydrogen) atoms. The van der Waals surface area contributed by atoms with E-state index in [1.165, 1.54) is 0 Å². The molecule has 0 bridgehead atoms. The summed E-state index contributed by atoms with van der Waals surface area (Å²) in [5.41, 5.74) is 0.576. The van der Waals surface area contributed by atoms with Gasteiger partial charge in [0.15, 0.2) is 12.4 Å². The van der Waals surface area contributed by atoms with Crippen LogP contribution in [-0.4, -0.2) is 57.7 Å². The van der Waals surface area contributed by atoms with Gasteiger partial charge in [0.05, 0.1) is 17.8 Å². The molecule has 0 radical (unpaired) electrons. The lowest BCUT2D eigenvalue weighted by atomic mass is 9.99. The summed E-state index contributed by atoms with van der Waals surface area (Å²) >= 11 is 0. The molecule has 0 saturated carbocycles. The predicted molar refractivity (Wildman–Crippen MR) is 147 cm³/mol. The van der Waals surface area contributed by atoms with Crippen molar-refractivity contribution >= 4 is 45.6 Å². The number of hydrogen-bond acceptors (Lipinski definition) is 8. The molecule has 11 nitrogen and oxygen atoms in total. The van der Waals surface area contributed by atoms with Gasteiger partial charge in [-0.15, -0.1) is 5.10 Å². The third-order valence-electron chi connectivity index (χ3n) is 6.40. The van der Waals surface area contributed by atoms with Crippen LogP contribution < -0.4 is 21.0 Å². The molecule has 0 saturated heterocycles. The molecule has 2 amide bonds. The van der Waals surface area contributed by atoms with Crippen molar-refractivity contribution in [3.63, 3.8) is 0 Å². The molecule has 206 valence electrons. The van der Waals surface area contributed by atoms with Crippen molar-refractivity contribution in [2.75, 3.05) is 6.61 Å². The number of amides is 2. The molecule has 2 N–H and O–H groups in total. The Morgan fingerprint density at radius 3 is 2.40 bits per heavy atom. The van der Waals surface area contributed by atoms with E-state index in [4.69, 9.17) is 4.84 Å². The molecular formula is C29H29N5O6. The number of hydrogen-bond donors (Lipinski definition) is 2. The smallest absolute Gasteiger partial charge is 0.314 e. The van der Waals surface area contributed by atoms with Crippen LogP contribution in [0.3, 0.4) is 0 Å². The molecule has 0 aliphatic heterocycles. The van der Waals surface area contributed by atoms with Gasteiger partial charge in [0.25, 0.3) is 0 Å². The zero-order valence-corrected chi connectivity index (χ0v) is 22.1. The summed E-state index contributed by atoms with van der Waals surface area (Å²) in [6.45, 7) is 2.87. The summed E-state index contributed by atoms with van der Waals surface area (Å²) in [4.78, 5) is 68.6. The van der Waals surface area contributed by atoms with E-state index in [1.807, 2.05) is 42.5 Å². The van der Waals surface area contributed by atoms with Crippen molar-refractivity contribution in [2.24, 2.45) is 5.92 Å². The van der Waals surface area contributed by atoms with Crippen LogP contribution in [0.15, 0.2) is 71.5 Å². The number of aromatic nitrogens is 3. The van der Waals surface area contributed by atoms with Gasteiger partial charge in [0, 0.05) is 6.42 Å². The van der Waals surface area contributed by atoms with E-state index in [1.54, 1.807) is 38.1 Å². The van der Waals surface area contributed by atoms with Crippen LogP contribution >= 0.6 is 0 Å². The fourth-order valence-corrected chi connectivity index (χ4v) is 4.29. The van der Waals surface area contributed by atoms with Crippen LogP contribution in [0.5, 0.6) is 0 Å². The summed E-state index contributed by atoms with van der Waals surface area (Å²) in [5.74, 6) is -1.96. The monoisotopic (exact) mass is 543 g/mol. The Balaban J connectivity index is 1.40. The van der Waals surface area contributed by atoms with Crippen LogP contribution in [0.25, 0.3) is 21.7 Å². The highest BCUT2D eigenvalue weighted by Gasteiger charge is 2.29. The summed E-state index contributed by atoms with van der Waals surface area (Å²) in [6, 6.07) is 17.7. The molecule has 2 atom stereocenters. The number of carbonyl (C=O) groups is 4. The van der Waals surface area contributed by atoms with Crippen molar-refractivity contribution in [3.05, 3.63) is 82.6 Å². The molecule has 4 rings (SSSR count). The van der Waals surface area contributed by atoms with Crippen molar-refractivity contribution in [1.29, 1.82) is 0 Å². The minimum atomic E-state index is -1.23. The van der Waals surface area contributed by atoms with Crippen LogP contribution in [0.4, 0.5) is 0 Å². The lowest BCUT2D eigenvalue weighted by Gasteiger charge is -2.24. The maximum absolute atomic E-state index is 13.1. The molecule has 1 heterocycles. The van der Waals surface area contributed by atoms with Gasteiger partial charge in [-0.1, -0.05) is 68.4 Å². The number of benzene rings is 3. The fourth-order valence-electron chi connectivity index (χ4n) is 4.29. The van der Waals surface area contributed by atoms with E-state index in [-0.39, 0.29) is 30.1 Å². The normalized spacial score (nSPS) is 12.6. The summed E-state index contributed by atoms with van der Waals surface area (Å²) < 4.78 is 0. The summed E-state index contributed by atoms with van der Waals surface area (Å²) in [7, 11) is 0. The van der Waals surface area contributed by atoms with Crippen molar-refractivity contribution in [3.8, 4) is 0 Å². The number of rotatable bonds is 12. The first kappa shape index (κ1) is 28.1. The van der Waals surface area contributed by atoms with Gasteiger partial charge in [0.1, 0.15) is 17.8 Å². The van der Waals surface area contributed by atoms with E-state index < -0.39 is 35.9 Å². The number of Topliss-reactive ketones (excluding diaryl/α,β-unsaturated/α-hetero) is 1. The van der Waals surface area contributed by atoms with Gasteiger partial charge in [-0.3, -0.25) is 19.2 Å². The lowest BCUT2D eigenvalue weighted by Crippen LogP contribution is -2.54. The number of nitrogens with zero attached hydrogens (tertiary/aromatic N) is 3. The third kappa shape index (κ3) is 6.55. The van der Waals surface area contributed by atoms with Gasteiger partial charge < -0.3 is 20.3 Å². The molecular weight excluding hydrogens is 514 g/mol. The molecule has 0 aliphatic carbocycles. The molecule has 0 fully saturated rings. The van der Waals surface area contributed by atoms with E-state index in [0.717, 1.165) is 16.3 Å². The number of fused-ring (bicyclic) bond motifs is 2. The highest BCUT2D eigenvalue weighted by Crippen LogP contribution is 2.19. The Bertz CT molecular complexity index is 1610. The summed E-state index contributed by atoms with van der Waals surface area (Å²) in [6.07, 6.45) is 0.235. The lowest BCUT2D eigenvalue weighted by molar-refractivity contribution is -0.134. The Morgan fingerprint density at radius 1 is 0.950 bits per heavy atom. The van der Waals surface area contributed by atoms with E-state index in [9.17, 15) is 24.0 Å². The van der Waals surface area contributed by atoms with E-state index in [0.29, 0.717) is 16.6 Å². The fraction of sp³-hybridized carbons (Fsp3) is 0.276. The number of aldehydes is 1. The Kier molecular flexibility index (Phi) is 8.95. The molecule has 1 aromatic heterocycles. The number of ketones is 1. The maximum Gasteiger partial charge on any atom is 0.314 e. The highest BCUT2D eigenvalue weighted by atomic mass is 16.7. The molecule has 0 aliphatic rings.